The summed E-state index contributed by atoms with van der Waals surface area (Å²) in [5.41, 5.74) is 13.1. The lowest BCUT2D eigenvalue weighted by molar-refractivity contribution is 0.666. The Hall–Kier alpha value is -6.54. The molecule has 56 heavy (non-hydrogen) atoms. The maximum atomic E-state index is 2.47. The second kappa shape index (κ2) is 11.7. The highest BCUT2D eigenvalue weighted by Crippen LogP contribution is 2.53. The highest BCUT2D eigenvalue weighted by atomic mass is 32.1. The zero-order valence-electron chi connectivity index (χ0n) is 31.2. The van der Waals surface area contributed by atoms with Crippen LogP contribution < -0.4 is 0 Å². The number of fused-ring (bicyclic) bond motifs is 11. The Morgan fingerprint density at radius 1 is 0.339 bits per heavy atom. The Balaban J connectivity index is 0.974. The van der Waals surface area contributed by atoms with Gasteiger partial charge in [-0.25, -0.2) is 0 Å². The summed E-state index contributed by atoms with van der Waals surface area (Å²) in [4.78, 5) is 0. The van der Waals surface area contributed by atoms with Gasteiger partial charge in [0.25, 0.3) is 0 Å². The largest absolute Gasteiger partial charge is 0.135 e. The van der Waals surface area contributed by atoms with Crippen molar-refractivity contribution in [3.63, 3.8) is 0 Å². The van der Waals surface area contributed by atoms with Crippen LogP contribution in [0.2, 0.25) is 0 Å². The standard InChI is InChI=1S/C55H36S/c1-55(2)49-27-25-37(30-47(49)45-26-24-38-31-51-48(32-46(38)54(45)55)40-14-10-11-19-50(40)56-51)35-20-21-36-29-39(23-22-34(36)28-35)53-43-17-8-6-15-41(43)52(33-12-4-3-5-13-33)42-16-7-9-18-44(42)53/h3-32H,1-2H3. The summed E-state index contributed by atoms with van der Waals surface area (Å²) < 4.78 is 2.72. The molecular weight excluding hydrogens is 693 g/mol. The van der Waals surface area contributed by atoms with E-state index in [1.54, 1.807) is 0 Å². The first-order chi connectivity index (χ1) is 27.5. The SMILES string of the molecule is CC1(C)c2ccc(-c3ccc4cc(-c5c6ccccc6c(-c6ccccc6)c6ccccc56)ccc4c3)cc2-c2ccc3cc4sc5ccccc5c4cc3c21. The van der Waals surface area contributed by atoms with Gasteiger partial charge >= 0.3 is 0 Å². The molecule has 0 spiro atoms. The van der Waals surface area contributed by atoms with E-state index in [0.29, 0.717) is 0 Å². The van der Waals surface area contributed by atoms with Crippen molar-refractivity contribution in [2.75, 3.05) is 0 Å². The quantitative estimate of drug-likeness (QED) is 0.159. The molecule has 0 N–H and O–H groups in total. The van der Waals surface area contributed by atoms with E-state index in [9.17, 15) is 0 Å². The molecule has 0 fully saturated rings. The summed E-state index contributed by atoms with van der Waals surface area (Å²) in [5.74, 6) is 0. The highest BCUT2D eigenvalue weighted by molar-refractivity contribution is 7.25. The smallest absolute Gasteiger partial charge is 0.0361 e. The summed E-state index contributed by atoms with van der Waals surface area (Å²) in [7, 11) is 0. The topological polar surface area (TPSA) is 0 Å². The van der Waals surface area contributed by atoms with Crippen molar-refractivity contribution in [2.45, 2.75) is 19.3 Å². The fourth-order valence-corrected chi connectivity index (χ4v) is 11.1. The third-order valence-corrected chi connectivity index (χ3v) is 13.7. The van der Waals surface area contributed by atoms with E-state index in [4.69, 9.17) is 0 Å². The van der Waals surface area contributed by atoms with Gasteiger partial charge in [0.15, 0.2) is 0 Å². The van der Waals surface area contributed by atoms with Crippen LogP contribution in [0.1, 0.15) is 25.0 Å². The maximum Gasteiger partial charge on any atom is 0.0361 e. The third kappa shape index (κ3) is 4.53. The van der Waals surface area contributed by atoms with E-state index in [-0.39, 0.29) is 5.41 Å². The minimum absolute atomic E-state index is 0.102. The van der Waals surface area contributed by atoms with Gasteiger partial charge in [0.2, 0.25) is 0 Å². The predicted molar refractivity (Wildman–Crippen MR) is 243 cm³/mol. The minimum Gasteiger partial charge on any atom is -0.135 e. The second-order valence-corrected chi connectivity index (χ2v) is 17.1. The number of hydrogen-bond acceptors (Lipinski definition) is 1. The summed E-state index contributed by atoms with van der Waals surface area (Å²) in [5, 5.41) is 13.0. The predicted octanol–water partition coefficient (Wildman–Crippen LogP) is 16.0. The van der Waals surface area contributed by atoms with Gasteiger partial charge in [-0.15, -0.1) is 11.3 Å². The molecule has 0 nitrogen and oxygen atoms in total. The van der Waals surface area contributed by atoms with Gasteiger partial charge in [0, 0.05) is 25.6 Å². The van der Waals surface area contributed by atoms with Crippen molar-refractivity contribution in [1.82, 2.24) is 0 Å². The first-order valence-corrected chi connectivity index (χ1v) is 20.4. The normalized spacial score (nSPS) is 13.3. The van der Waals surface area contributed by atoms with Crippen LogP contribution in [0.25, 0.3) is 108 Å². The van der Waals surface area contributed by atoms with Gasteiger partial charge < -0.3 is 0 Å². The highest BCUT2D eigenvalue weighted by Gasteiger charge is 2.37. The van der Waals surface area contributed by atoms with E-state index >= 15 is 0 Å². The van der Waals surface area contributed by atoms with Crippen molar-refractivity contribution in [1.29, 1.82) is 0 Å². The molecule has 262 valence electrons. The van der Waals surface area contributed by atoms with Crippen LogP contribution in [0.3, 0.4) is 0 Å². The summed E-state index contributed by atoms with van der Waals surface area (Å²) in [6.07, 6.45) is 0. The molecule has 1 aliphatic carbocycles. The first kappa shape index (κ1) is 31.8. The number of rotatable bonds is 3. The summed E-state index contributed by atoms with van der Waals surface area (Å²) >= 11 is 1.90. The van der Waals surface area contributed by atoms with Crippen molar-refractivity contribution in [2.24, 2.45) is 0 Å². The molecule has 0 aliphatic heterocycles. The molecule has 0 bridgehead atoms. The second-order valence-electron chi connectivity index (χ2n) is 16.0. The zero-order chi connectivity index (χ0) is 37.1. The lowest BCUT2D eigenvalue weighted by Crippen LogP contribution is -2.15. The van der Waals surface area contributed by atoms with Crippen LogP contribution in [-0.4, -0.2) is 0 Å². The van der Waals surface area contributed by atoms with Gasteiger partial charge in [-0.2, -0.15) is 0 Å². The number of benzene rings is 10. The Labute approximate surface area is 329 Å². The molecule has 0 saturated carbocycles. The lowest BCUT2D eigenvalue weighted by Gasteiger charge is -2.23. The molecule has 1 heteroatoms. The van der Waals surface area contributed by atoms with E-state index in [1.807, 2.05) is 11.3 Å². The monoisotopic (exact) mass is 728 g/mol. The van der Waals surface area contributed by atoms with Gasteiger partial charge in [-0.05, 0) is 135 Å². The Kier molecular flexibility index (Phi) is 6.66. The van der Waals surface area contributed by atoms with E-state index in [0.717, 1.165) is 0 Å². The van der Waals surface area contributed by atoms with E-state index in [1.165, 1.54) is 119 Å². The molecule has 1 aromatic heterocycles. The van der Waals surface area contributed by atoms with Crippen LogP contribution in [0.4, 0.5) is 0 Å². The van der Waals surface area contributed by atoms with Gasteiger partial charge in [-0.1, -0.05) is 159 Å². The Bertz CT molecular complexity index is 3380. The van der Waals surface area contributed by atoms with Crippen LogP contribution in [-0.2, 0) is 5.41 Å². The zero-order valence-corrected chi connectivity index (χ0v) is 32.0. The molecule has 0 atom stereocenters. The third-order valence-electron chi connectivity index (χ3n) is 12.6. The lowest BCUT2D eigenvalue weighted by atomic mass is 9.80. The van der Waals surface area contributed by atoms with Crippen molar-refractivity contribution >= 4 is 74.6 Å². The Morgan fingerprint density at radius 3 is 1.61 bits per heavy atom. The number of thiophene rings is 1. The van der Waals surface area contributed by atoms with Crippen molar-refractivity contribution in [3.8, 4) is 44.5 Å². The molecule has 11 aromatic rings. The summed E-state index contributed by atoms with van der Waals surface area (Å²) in [6.45, 7) is 4.81. The molecule has 1 aliphatic rings. The first-order valence-electron chi connectivity index (χ1n) is 19.6. The van der Waals surface area contributed by atoms with E-state index < -0.39 is 0 Å². The van der Waals surface area contributed by atoms with E-state index in [2.05, 4.69) is 196 Å². The van der Waals surface area contributed by atoms with Crippen LogP contribution >= 0.6 is 11.3 Å². The van der Waals surface area contributed by atoms with Crippen LogP contribution in [0, 0.1) is 0 Å². The molecular formula is C55H36S. The fourth-order valence-electron chi connectivity index (χ4n) is 10.0. The molecule has 1 heterocycles. The molecule has 0 radical (unpaired) electrons. The van der Waals surface area contributed by atoms with Gasteiger partial charge in [0.1, 0.15) is 0 Å². The van der Waals surface area contributed by atoms with Gasteiger partial charge in [-0.3, -0.25) is 0 Å². The average Bonchev–Trinajstić information content (AvgIpc) is 3.72. The summed E-state index contributed by atoms with van der Waals surface area (Å²) in [6, 6.07) is 68.2. The van der Waals surface area contributed by atoms with Crippen LogP contribution in [0.5, 0.6) is 0 Å². The molecule has 0 unspecified atom stereocenters. The van der Waals surface area contributed by atoms with Gasteiger partial charge in [0.05, 0.1) is 0 Å². The average molecular weight is 729 g/mol. The van der Waals surface area contributed by atoms with Crippen LogP contribution in [0.15, 0.2) is 182 Å². The molecule has 0 amide bonds. The molecule has 0 saturated heterocycles. The Morgan fingerprint density at radius 2 is 0.893 bits per heavy atom. The minimum atomic E-state index is -0.102. The van der Waals surface area contributed by atoms with Crippen molar-refractivity contribution < 1.29 is 0 Å². The molecule has 10 aromatic carbocycles. The van der Waals surface area contributed by atoms with Crippen molar-refractivity contribution in [3.05, 3.63) is 193 Å². The molecule has 12 rings (SSSR count). The maximum absolute atomic E-state index is 2.47. The fraction of sp³-hybridized carbons (Fsp3) is 0.0545. The number of hydrogen-bond donors (Lipinski definition) is 0.